The second-order valence-corrected chi connectivity index (χ2v) is 7.86. The number of hydrogen-bond acceptors (Lipinski definition) is 3. The third-order valence-corrected chi connectivity index (χ3v) is 5.13. The molecule has 0 bridgehead atoms. The van der Waals surface area contributed by atoms with E-state index in [1.807, 2.05) is 6.92 Å². The Labute approximate surface area is 154 Å². The van der Waals surface area contributed by atoms with Gasteiger partial charge >= 0.3 is 0 Å². The molecule has 1 saturated carbocycles. The molecule has 6 heteroatoms. The van der Waals surface area contributed by atoms with Crippen LogP contribution in [-0.2, 0) is 4.79 Å². The minimum Gasteiger partial charge on any atom is -0.355 e. The number of halogens is 2. The van der Waals surface area contributed by atoms with Crippen molar-refractivity contribution < 1.29 is 4.79 Å². The van der Waals surface area contributed by atoms with Crippen molar-refractivity contribution in [2.45, 2.75) is 58.4 Å². The molecule has 3 N–H and O–H groups in total. The highest BCUT2D eigenvalue weighted by atomic mass is 35.5. The first-order chi connectivity index (χ1) is 9.88. The van der Waals surface area contributed by atoms with Gasteiger partial charge < -0.3 is 16.0 Å². The van der Waals surface area contributed by atoms with Gasteiger partial charge in [0.1, 0.15) is 0 Å². The summed E-state index contributed by atoms with van der Waals surface area (Å²) in [5, 5.41) is 3.18. The van der Waals surface area contributed by atoms with E-state index in [0.717, 1.165) is 44.7 Å². The second kappa shape index (κ2) is 10.1. The van der Waals surface area contributed by atoms with Crippen molar-refractivity contribution in [1.82, 2.24) is 10.2 Å². The van der Waals surface area contributed by atoms with Gasteiger partial charge in [-0.05, 0) is 44.6 Å². The molecule has 2 rings (SSSR count). The fourth-order valence-electron chi connectivity index (χ4n) is 3.92. The average Bonchev–Trinajstić information content (AvgIpc) is 2.82. The number of hydrogen-bond donors (Lipinski definition) is 2. The van der Waals surface area contributed by atoms with E-state index in [9.17, 15) is 4.79 Å². The number of rotatable bonds is 5. The van der Waals surface area contributed by atoms with E-state index in [1.165, 1.54) is 19.5 Å². The van der Waals surface area contributed by atoms with Gasteiger partial charge in [-0.1, -0.05) is 26.7 Å². The lowest BCUT2D eigenvalue weighted by molar-refractivity contribution is -0.128. The highest BCUT2D eigenvalue weighted by Crippen LogP contribution is 2.31. The van der Waals surface area contributed by atoms with Crippen LogP contribution in [0.4, 0.5) is 0 Å². The molecule has 1 heterocycles. The Kier molecular flexibility index (Phi) is 10.1. The molecule has 138 valence electrons. The van der Waals surface area contributed by atoms with E-state index in [0.29, 0.717) is 5.92 Å². The van der Waals surface area contributed by atoms with Gasteiger partial charge in [-0.2, -0.15) is 0 Å². The van der Waals surface area contributed by atoms with Gasteiger partial charge in [0.15, 0.2) is 0 Å². The minimum atomic E-state index is -0.318. The summed E-state index contributed by atoms with van der Waals surface area (Å²) in [6.07, 6.45) is 5.41. The molecule has 2 aliphatic rings. The quantitative estimate of drug-likeness (QED) is 0.785. The topological polar surface area (TPSA) is 58.4 Å². The van der Waals surface area contributed by atoms with E-state index in [1.54, 1.807) is 0 Å². The molecule has 4 nitrogen and oxygen atoms in total. The zero-order chi connectivity index (χ0) is 15.5. The van der Waals surface area contributed by atoms with Crippen LogP contribution in [0.2, 0.25) is 0 Å². The minimum absolute atomic E-state index is 0. The van der Waals surface area contributed by atoms with Crippen molar-refractivity contribution in [3.05, 3.63) is 0 Å². The van der Waals surface area contributed by atoms with Crippen LogP contribution in [0.5, 0.6) is 0 Å². The molecule has 1 aliphatic carbocycles. The molecule has 1 saturated heterocycles. The monoisotopic (exact) mass is 367 g/mol. The van der Waals surface area contributed by atoms with E-state index >= 15 is 0 Å². The lowest BCUT2D eigenvalue weighted by atomic mass is 9.74. The number of amides is 1. The first-order valence-electron chi connectivity index (χ1n) is 8.67. The third-order valence-electron chi connectivity index (χ3n) is 5.13. The molecule has 1 aliphatic heterocycles. The summed E-state index contributed by atoms with van der Waals surface area (Å²) in [7, 11) is 0. The Balaban J connectivity index is 0.00000242. The van der Waals surface area contributed by atoms with E-state index in [-0.39, 0.29) is 42.2 Å². The molecular weight excluding hydrogens is 333 g/mol. The summed E-state index contributed by atoms with van der Waals surface area (Å²) in [6.45, 7) is 10.9. The first kappa shape index (κ1) is 23.0. The number of nitrogens with one attached hydrogen (secondary N) is 1. The molecule has 1 amide bonds. The Morgan fingerprint density at radius 3 is 2.61 bits per heavy atom. The van der Waals surface area contributed by atoms with E-state index in [2.05, 4.69) is 24.1 Å². The molecule has 0 aromatic heterocycles. The van der Waals surface area contributed by atoms with Crippen LogP contribution < -0.4 is 11.1 Å². The standard InChI is InChI=1S/C17H33N3O.2ClH/c1-13(2)11-20-9-7-14(12-20)10-19-16(21)15-6-4-5-8-17(15,3)18;;/h13-15H,4-12,18H2,1-3H3,(H,19,21);2*1H. The molecule has 3 unspecified atom stereocenters. The van der Waals surface area contributed by atoms with Crippen LogP contribution >= 0.6 is 24.8 Å². The Hall–Kier alpha value is -0.0300. The van der Waals surface area contributed by atoms with Crippen LogP contribution in [-0.4, -0.2) is 42.5 Å². The predicted molar refractivity (Wildman–Crippen MR) is 101 cm³/mol. The lowest BCUT2D eigenvalue weighted by Gasteiger charge is -2.37. The van der Waals surface area contributed by atoms with Crippen molar-refractivity contribution in [2.24, 2.45) is 23.5 Å². The van der Waals surface area contributed by atoms with Crippen LogP contribution in [0, 0.1) is 17.8 Å². The van der Waals surface area contributed by atoms with Gasteiger partial charge in [-0.3, -0.25) is 4.79 Å². The number of nitrogens with zero attached hydrogens (tertiary/aromatic N) is 1. The van der Waals surface area contributed by atoms with E-state index < -0.39 is 0 Å². The molecular formula is C17H35Cl2N3O. The summed E-state index contributed by atoms with van der Waals surface area (Å²) in [6, 6.07) is 0. The zero-order valence-corrected chi connectivity index (χ0v) is 16.5. The fraction of sp³-hybridized carbons (Fsp3) is 0.941. The number of carbonyl (C=O) groups is 1. The Bertz CT molecular complexity index is 364. The van der Waals surface area contributed by atoms with Gasteiger partial charge in [0, 0.05) is 25.2 Å². The van der Waals surface area contributed by atoms with Crippen LogP contribution in [0.25, 0.3) is 0 Å². The van der Waals surface area contributed by atoms with Crippen molar-refractivity contribution >= 4 is 30.7 Å². The molecule has 0 radical (unpaired) electrons. The van der Waals surface area contributed by atoms with Gasteiger partial charge in [0.05, 0.1) is 5.92 Å². The predicted octanol–water partition coefficient (Wildman–Crippen LogP) is 2.83. The maximum Gasteiger partial charge on any atom is 0.224 e. The summed E-state index contributed by atoms with van der Waals surface area (Å²) in [4.78, 5) is 14.9. The largest absolute Gasteiger partial charge is 0.355 e. The molecule has 2 fully saturated rings. The average molecular weight is 368 g/mol. The lowest BCUT2D eigenvalue weighted by Crippen LogP contribution is -2.53. The summed E-state index contributed by atoms with van der Waals surface area (Å²) >= 11 is 0. The van der Waals surface area contributed by atoms with Crippen LogP contribution in [0.3, 0.4) is 0 Å². The summed E-state index contributed by atoms with van der Waals surface area (Å²) < 4.78 is 0. The van der Waals surface area contributed by atoms with Gasteiger partial charge in [0.2, 0.25) is 5.91 Å². The van der Waals surface area contributed by atoms with Gasteiger partial charge in [-0.25, -0.2) is 0 Å². The number of nitrogens with two attached hydrogens (primary N) is 1. The van der Waals surface area contributed by atoms with Crippen molar-refractivity contribution in [1.29, 1.82) is 0 Å². The van der Waals surface area contributed by atoms with Crippen molar-refractivity contribution in [3.63, 3.8) is 0 Å². The highest BCUT2D eigenvalue weighted by Gasteiger charge is 2.37. The van der Waals surface area contributed by atoms with Crippen molar-refractivity contribution in [3.8, 4) is 0 Å². The molecule has 0 aromatic carbocycles. The second-order valence-electron chi connectivity index (χ2n) is 7.86. The summed E-state index contributed by atoms with van der Waals surface area (Å²) in [5.41, 5.74) is 6.00. The number of carbonyl (C=O) groups excluding carboxylic acids is 1. The molecule has 0 aromatic rings. The fourth-order valence-corrected chi connectivity index (χ4v) is 3.92. The van der Waals surface area contributed by atoms with Crippen LogP contribution in [0.15, 0.2) is 0 Å². The zero-order valence-electron chi connectivity index (χ0n) is 14.8. The third kappa shape index (κ3) is 6.77. The Morgan fingerprint density at radius 2 is 2.00 bits per heavy atom. The molecule has 3 atom stereocenters. The van der Waals surface area contributed by atoms with Gasteiger partial charge in [-0.15, -0.1) is 24.8 Å². The van der Waals surface area contributed by atoms with Gasteiger partial charge in [0.25, 0.3) is 0 Å². The van der Waals surface area contributed by atoms with E-state index in [4.69, 9.17) is 5.73 Å². The van der Waals surface area contributed by atoms with Crippen molar-refractivity contribution in [2.75, 3.05) is 26.2 Å². The first-order valence-corrected chi connectivity index (χ1v) is 8.67. The highest BCUT2D eigenvalue weighted by molar-refractivity contribution is 5.85. The SMILES string of the molecule is CC(C)CN1CCC(CNC(=O)C2CCCCC2(C)N)C1.Cl.Cl. The maximum atomic E-state index is 12.4. The summed E-state index contributed by atoms with van der Waals surface area (Å²) in [5.74, 6) is 1.51. The molecule has 23 heavy (non-hydrogen) atoms. The maximum absolute atomic E-state index is 12.4. The smallest absolute Gasteiger partial charge is 0.224 e. The Morgan fingerprint density at radius 1 is 1.30 bits per heavy atom. The molecule has 0 spiro atoms. The number of likely N-dealkylation sites (tertiary alicyclic amines) is 1. The normalized spacial score (nSPS) is 31.3. The van der Waals surface area contributed by atoms with Crippen LogP contribution in [0.1, 0.15) is 52.9 Å².